The van der Waals surface area contributed by atoms with Crippen LogP contribution in [0.4, 0.5) is 0 Å². The summed E-state index contributed by atoms with van der Waals surface area (Å²) < 4.78 is 11.0. The molecule has 0 saturated carbocycles. The molecule has 140 valence electrons. The molecule has 1 heterocycles. The molecule has 1 aliphatic rings. The summed E-state index contributed by atoms with van der Waals surface area (Å²) in [5.74, 6) is 2.66. The van der Waals surface area contributed by atoms with Crippen molar-refractivity contribution in [3.05, 3.63) is 60.2 Å². The molecule has 2 aromatic carbocycles. The lowest BCUT2D eigenvalue weighted by atomic mass is 9.96. The van der Waals surface area contributed by atoms with Gasteiger partial charge in [0.15, 0.2) is 0 Å². The molecule has 0 bridgehead atoms. The van der Waals surface area contributed by atoms with Crippen LogP contribution >= 0.6 is 0 Å². The summed E-state index contributed by atoms with van der Waals surface area (Å²) in [6.45, 7) is 6.07. The van der Waals surface area contributed by atoms with Gasteiger partial charge in [-0.2, -0.15) is 0 Å². The number of hydrogen-bond donors (Lipinski definition) is 1. The standard InChI is InChI=1S/C22H30N2O2/c1-25-22-9-5-6-20(16-22)18-24-13-10-19(11-14-24)17-23-12-15-26-21-7-3-2-4-8-21/h2-9,16,19,23H,10-15,17-18H2,1H3. The topological polar surface area (TPSA) is 33.7 Å². The van der Waals surface area contributed by atoms with Crippen LogP contribution in [-0.2, 0) is 6.54 Å². The zero-order chi connectivity index (χ0) is 18.0. The van der Waals surface area contributed by atoms with E-state index in [2.05, 4.69) is 28.4 Å². The number of benzene rings is 2. The third-order valence-corrected chi connectivity index (χ3v) is 4.97. The summed E-state index contributed by atoms with van der Waals surface area (Å²) in [6.07, 6.45) is 2.52. The lowest BCUT2D eigenvalue weighted by molar-refractivity contribution is 0.174. The van der Waals surface area contributed by atoms with E-state index >= 15 is 0 Å². The van der Waals surface area contributed by atoms with Crippen LogP contribution < -0.4 is 14.8 Å². The van der Waals surface area contributed by atoms with Crippen molar-refractivity contribution in [2.75, 3.05) is 39.9 Å². The Hall–Kier alpha value is -2.04. The average Bonchev–Trinajstić information content (AvgIpc) is 2.70. The highest BCUT2D eigenvalue weighted by atomic mass is 16.5. The second-order valence-corrected chi connectivity index (χ2v) is 6.94. The SMILES string of the molecule is COc1cccc(CN2CCC(CNCCOc3ccccc3)CC2)c1. The van der Waals surface area contributed by atoms with Crippen LogP contribution in [0.3, 0.4) is 0 Å². The first-order valence-electron chi connectivity index (χ1n) is 9.57. The first-order valence-corrected chi connectivity index (χ1v) is 9.57. The second-order valence-electron chi connectivity index (χ2n) is 6.94. The molecule has 0 unspecified atom stereocenters. The lowest BCUT2D eigenvalue weighted by Gasteiger charge is -2.32. The third-order valence-electron chi connectivity index (χ3n) is 4.97. The quantitative estimate of drug-likeness (QED) is 0.698. The molecule has 0 radical (unpaired) electrons. The van der Waals surface area contributed by atoms with Gasteiger partial charge in [0.25, 0.3) is 0 Å². The Labute approximate surface area is 157 Å². The Morgan fingerprint density at radius 3 is 2.54 bits per heavy atom. The van der Waals surface area contributed by atoms with Gasteiger partial charge in [0, 0.05) is 13.1 Å². The zero-order valence-electron chi connectivity index (χ0n) is 15.7. The van der Waals surface area contributed by atoms with Crippen molar-refractivity contribution in [3.8, 4) is 11.5 Å². The van der Waals surface area contributed by atoms with Crippen molar-refractivity contribution in [1.82, 2.24) is 10.2 Å². The van der Waals surface area contributed by atoms with E-state index in [4.69, 9.17) is 9.47 Å². The van der Waals surface area contributed by atoms with Gasteiger partial charge in [-0.15, -0.1) is 0 Å². The number of para-hydroxylation sites is 1. The summed E-state index contributed by atoms with van der Waals surface area (Å²) in [5, 5.41) is 3.54. The molecule has 1 aliphatic heterocycles. The van der Waals surface area contributed by atoms with Gasteiger partial charge in [0.05, 0.1) is 7.11 Å². The van der Waals surface area contributed by atoms with Crippen LogP contribution in [0.5, 0.6) is 11.5 Å². The number of nitrogens with one attached hydrogen (secondary N) is 1. The van der Waals surface area contributed by atoms with E-state index in [-0.39, 0.29) is 0 Å². The number of likely N-dealkylation sites (tertiary alicyclic amines) is 1. The second kappa shape index (κ2) is 10.2. The highest BCUT2D eigenvalue weighted by Gasteiger charge is 2.18. The maximum Gasteiger partial charge on any atom is 0.119 e. The smallest absolute Gasteiger partial charge is 0.119 e. The molecule has 1 saturated heterocycles. The van der Waals surface area contributed by atoms with Gasteiger partial charge in [0.2, 0.25) is 0 Å². The molecule has 0 atom stereocenters. The molecule has 4 heteroatoms. The molecule has 1 N–H and O–H groups in total. The fraction of sp³-hybridized carbons (Fsp3) is 0.455. The maximum absolute atomic E-state index is 5.72. The van der Waals surface area contributed by atoms with E-state index in [9.17, 15) is 0 Å². The summed E-state index contributed by atoms with van der Waals surface area (Å²) >= 11 is 0. The van der Waals surface area contributed by atoms with E-state index in [0.717, 1.165) is 43.7 Å². The number of nitrogens with zero attached hydrogens (tertiary/aromatic N) is 1. The predicted molar refractivity (Wildman–Crippen MR) is 106 cm³/mol. The minimum absolute atomic E-state index is 0.721. The van der Waals surface area contributed by atoms with E-state index in [1.165, 1.54) is 31.5 Å². The Kier molecular flexibility index (Phi) is 7.35. The monoisotopic (exact) mass is 354 g/mol. The Balaban J connectivity index is 1.29. The molecule has 2 aromatic rings. The zero-order valence-corrected chi connectivity index (χ0v) is 15.7. The van der Waals surface area contributed by atoms with Gasteiger partial charge >= 0.3 is 0 Å². The number of rotatable bonds is 9. The summed E-state index contributed by atoms with van der Waals surface area (Å²) in [5.41, 5.74) is 1.33. The van der Waals surface area contributed by atoms with Crippen LogP contribution in [0.25, 0.3) is 0 Å². The van der Waals surface area contributed by atoms with Crippen molar-refractivity contribution in [2.45, 2.75) is 19.4 Å². The van der Waals surface area contributed by atoms with Crippen molar-refractivity contribution in [3.63, 3.8) is 0 Å². The third kappa shape index (κ3) is 6.04. The van der Waals surface area contributed by atoms with Gasteiger partial charge < -0.3 is 14.8 Å². The molecule has 0 aromatic heterocycles. The Bertz CT molecular complexity index is 640. The van der Waals surface area contributed by atoms with Crippen LogP contribution in [0.15, 0.2) is 54.6 Å². The number of hydrogen-bond acceptors (Lipinski definition) is 4. The molecule has 3 rings (SSSR count). The van der Waals surface area contributed by atoms with E-state index in [1.54, 1.807) is 7.11 Å². The Morgan fingerprint density at radius 1 is 1.00 bits per heavy atom. The minimum Gasteiger partial charge on any atom is -0.497 e. The largest absolute Gasteiger partial charge is 0.497 e. The van der Waals surface area contributed by atoms with Gasteiger partial charge in [-0.25, -0.2) is 0 Å². The summed E-state index contributed by atoms with van der Waals surface area (Å²) in [4.78, 5) is 2.55. The maximum atomic E-state index is 5.72. The van der Waals surface area contributed by atoms with Crippen molar-refractivity contribution in [1.29, 1.82) is 0 Å². The highest BCUT2D eigenvalue weighted by Crippen LogP contribution is 2.20. The first-order chi connectivity index (χ1) is 12.8. The van der Waals surface area contributed by atoms with E-state index in [0.29, 0.717) is 0 Å². The molecular formula is C22H30N2O2. The van der Waals surface area contributed by atoms with Gasteiger partial charge in [-0.05, 0) is 68.2 Å². The van der Waals surface area contributed by atoms with Gasteiger partial charge in [0.1, 0.15) is 18.1 Å². The van der Waals surface area contributed by atoms with Gasteiger partial charge in [-0.1, -0.05) is 30.3 Å². The van der Waals surface area contributed by atoms with Crippen molar-refractivity contribution in [2.24, 2.45) is 5.92 Å². The minimum atomic E-state index is 0.721. The lowest BCUT2D eigenvalue weighted by Crippen LogP contribution is -2.37. The Morgan fingerprint density at radius 2 is 1.77 bits per heavy atom. The fourth-order valence-electron chi connectivity index (χ4n) is 3.44. The van der Waals surface area contributed by atoms with Crippen LogP contribution in [0.2, 0.25) is 0 Å². The molecule has 1 fully saturated rings. The first kappa shape index (κ1) is 18.7. The van der Waals surface area contributed by atoms with Gasteiger partial charge in [-0.3, -0.25) is 4.90 Å². The average molecular weight is 354 g/mol. The molecular weight excluding hydrogens is 324 g/mol. The van der Waals surface area contributed by atoms with Crippen LogP contribution in [0, 0.1) is 5.92 Å². The van der Waals surface area contributed by atoms with Crippen LogP contribution in [-0.4, -0.2) is 44.8 Å². The van der Waals surface area contributed by atoms with E-state index in [1.807, 2.05) is 36.4 Å². The number of piperidine rings is 1. The summed E-state index contributed by atoms with van der Waals surface area (Å²) in [7, 11) is 1.72. The van der Waals surface area contributed by atoms with E-state index < -0.39 is 0 Å². The number of ether oxygens (including phenoxy) is 2. The molecule has 26 heavy (non-hydrogen) atoms. The molecule has 0 spiro atoms. The normalized spacial score (nSPS) is 15.7. The predicted octanol–water partition coefficient (Wildman–Crippen LogP) is 3.58. The highest BCUT2D eigenvalue weighted by molar-refractivity contribution is 5.28. The van der Waals surface area contributed by atoms with Crippen molar-refractivity contribution < 1.29 is 9.47 Å². The molecule has 4 nitrogen and oxygen atoms in total. The molecule has 0 aliphatic carbocycles. The van der Waals surface area contributed by atoms with Crippen molar-refractivity contribution >= 4 is 0 Å². The molecule has 0 amide bonds. The number of methoxy groups -OCH3 is 1. The fourth-order valence-corrected chi connectivity index (χ4v) is 3.44. The summed E-state index contributed by atoms with van der Waals surface area (Å²) in [6, 6.07) is 18.4. The van der Waals surface area contributed by atoms with Crippen LogP contribution in [0.1, 0.15) is 18.4 Å².